The van der Waals surface area contributed by atoms with Gasteiger partial charge in [-0.2, -0.15) is 0 Å². The Morgan fingerprint density at radius 1 is 1.53 bits per heavy atom. The predicted octanol–water partition coefficient (Wildman–Crippen LogP) is 4.03. The third kappa shape index (κ3) is 2.78. The van der Waals surface area contributed by atoms with E-state index in [1.807, 2.05) is 6.92 Å². The molecule has 4 heteroatoms. The van der Waals surface area contributed by atoms with Gasteiger partial charge in [0, 0.05) is 11.1 Å². The van der Waals surface area contributed by atoms with Gasteiger partial charge in [-0.3, -0.25) is 0 Å². The molecule has 0 bridgehead atoms. The SMILES string of the molecule is Cc1coc(SCC2(CBr)CCCC2)n1. The Balaban J connectivity index is 1.91. The van der Waals surface area contributed by atoms with Crippen molar-refractivity contribution in [1.82, 2.24) is 4.98 Å². The van der Waals surface area contributed by atoms with Crippen LogP contribution < -0.4 is 0 Å². The number of hydrogen-bond acceptors (Lipinski definition) is 3. The first-order valence-corrected chi connectivity index (χ1v) is 7.46. The lowest BCUT2D eigenvalue weighted by Gasteiger charge is -2.24. The van der Waals surface area contributed by atoms with Gasteiger partial charge < -0.3 is 4.42 Å². The van der Waals surface area contributed by atoms with Gasteiger partial charge in [-0.25, -0.2) is 4.98 Å². The number of aromatic nitrogens is 1. The maximum absolute atomic E-state index is 5.35. The summed E-state index contributed by atoms with van der Waals surface area (Å²) in [6.45, 7) is 1.96. The Morgan fingerprint density at radius 3 is 2.80 bits per heavy atom. The minimum Gasteiger partial charge on any atom is -0.440 e. The van der Waals surface area contributed by atoms with Crippen molar-refractivity contribution in [1.29, 1.82) is 0 Å². The second-order valence-electron chi connectivity index (χ2n) is 4.38. The minimum atomic E-state index is 0.479. The Labute approximate surface area is 103 Å². The van der Waals surface area contributed by atoms with Crippen LogP contribution in [0.3, 0.4) is 0 Å². The van der Waals surface area contributed by atoms with E-state index in [-0.39, 0.29) is 0 Å². The zero-order valence-electron chi connectivity index (χ0n) is 8.96. The number of nitrogens with zero attached hydrogens (tertiary/aromatic N) is 1. The van der Waals surface area contributed by atoms with E-state index < -0.39 is 0 Å². The highest BCUT2D eigenvalue weighted by Gasteiger charge is 2.33. The Bertz CT molecular complexity index is 320. The van der Waals surface area contributed by atoms with Crippen LogP contribution in [-0.4, -0.2) is 16.1 Å². The Morgan fingerprint density at radius 2 is 2.27 bits per heavy atom. The fraction of sp³-hybridized carbons (Fsp3) is 0.727. The summed E-state index contributed by atoms with van der Waals surface area (Å²) in [6.07, 6.45) is 7.14. The van der Waals surface area contributed by atoms with Crippen molar-refractivity contribution in [3.05, 3.63) is 12.0 Å². The molecule has 2 rings (SSSR count). The van der Waals surface area contributed by atoms with Crippen LogP contribution in [0.2, 0.25) is 0 Å². The summed E-state index contributed by atoms with van der Waals surface area (Å²) in [5.41, 5.74) is 1.45. The van der Waals surface area contributed by atoms with Gasteiger partial charge in [0.25, 0.3) is 5.22 Å². The lowest BCUT2D eigenvalue weighted by atomic mass is 9.92. The third-order valence-corrected chi connectivity index (χ3v) is 5.43. The van der Waals surface area contributed by atoms with Crippen molar-refractivity contribution < 1.29 is 4.42 Å². The standard InChI is InChI=1S/C11H16BrNOS/c1-9-6-14-10(13-9)15-8-11(7-12)4-2-3-5-11/h6H,2-5,7-8H2,1H3. The molecule has 2 nitrogen and oxygen atoms in total. The molecule has 1 saturated carbocycles. The lowest BCUT2D eigenvalue weighted by Crippen LogP contribution is -2.21. The van der Waals surface area contributed by atoms with E-state index in [9.17, 15) is 0 Å². The molecule has 0 amide bonds. The average Bonchev–Trinajstić information content (AvgIpc) is 2.85. The molecule has 0 unspecified atom stereocenters. The molecule has 15 heavy (non-hydrogen) atoms. The van der Waals surface area contributed by atoms with E-state index in [2.05, 4.69) is 20.9 Å². The van der Waals surface area contributed by atoms with Gasteiger partial charge in [0.2, 0.25) is 0 Å². The summed E-state index contributed by atoms with van der Waals surface area (Å²) in [5.74, 6) is 1.12. The first kappa shape index (κ1) is 11.5. The van der Waals surface area contributed by atoms with Gasteiger partial charge in [0.15, 0.2) is 0 Å². The summed E-state index contributed by atoms with van der Waals surface area (Å²) in [4.78, 5) is 4.32. The molecule has 84 valence electrons. The molecular weight excluding hydrogens is 274 g/mol. The van der Waals surface area contributed by atoms with Crippen LogP contribution in [0.1, 0.15) is 31.4 Å². The summed E-state index contributed by atoms with van der Waals surface area (Å²) in [6, 6.07) is 0. The van der Waals surface area contributed by atoms with Crippen molar-refractivity contribution in [2.24, 2.45) is 5.41 Å². The fourth-order valence-corrected chi connectivity index (χ4v) is 4.22. The van der Waals surface area contributed by atoms with Crippen LogP contribution in [-0.2, 0) is 0 Å². The second-order valence-corrected chi connectivity index (χ2v) is 5.87. The topological polar surface area (TPSA) is 26.0 Å². The molecule has 1 heterocycles. The van der Waals surface area contributed by atoms with Gasteiger partial charge >= 0.3 is 0 Å². The first-order valence-electron chi connectivity index (χ1n) is 5.35. The van der Waals surface area contributed by atoms with Gasteiger partial charge in [-0.15, -0.1) is 0 Å². The van der Waals surface area contributed by atoms with Crippen LogP contribution in [0, 0.1) is 12.3 Å². The van der Waals surface area contributed by atoms with Crippen molar-refractivity contribution in [3.63, 3.8) is 0 Å². The van der Waals surface area contributed by atoms with E-state index in [1.165, 1.54) is 25.7 Å². The molecule has 1 aromatic rings. The van der Waals surface area contributed by atoms with Crippen LogP contribution in [0.5, 0.6) is 0 Å². The zero-order valence-corrected chi connectivity index (χ0v) is 11.4. The highest BCUT2D eigenvalue weighted by molar-refractivity contribution is 9.09. The number of thioether (sulfide) groups is 1. The van der Waals surface area contributed by atoms with Crippen LogP contribution in [0.15, 0.2) is 15.9 Å². The van der Waals surface area contributed by atoms with Gasteiger partial charge in [-0.05, 0) is 25.2 Å². The first-order chi connectivity index (χ1) is 7.24. The Kier molecular flexibility index (Phi) is 3.78. The lowest BCUT2D eigenvalue weighted by molar-refractivity contribution is 0.400. The smallest absolute Gasteiger partial charge is 0.255 e. The third-order valence-electron chi connectivity index (χ3n) is 3.05. The molecule has 0 N–H and O–H groups in total. The molecular formula is C11H16BrNOS. The fourth-order valence-electron chi connectivity index (χ4n) is 2.06. The van der Waals surface area contributed by atoms with Crippen molar-refractivity contribution in [2.75, 3.05) is 11.1 Å². The molecule has 0 aromatic carbocycles. The Hall–Kier alpha value is 0.0400. The normalized spacial score (nSPS) is 19.6. The quantitative estimate of drug-likeness (QED) is 0.618. The summed E-state index contributed by atoms with van der Waals surface area (Å²) in [5, 5.41) is 1.92. The number of aryl methyl sites for hydroxylation is 1. The van der Waals surface area contributed by atoms with E-state index in [1.54, 1.807) is 18.0 Å². The van der Waals surface area contributed by atoms with Crippen LogP contribution >= 0.6 is 27.7 Å². The van der Waals surface area contributed by atoms with E-state index in [4.69, 9.17) is 4.42 Å². The van der Waals surface area contributed by atoms with E-state index in [0.717, 1.165) is 22.0 Å². The second kappa shape index (κ2) is 4.91. The van der Waals surface area contributed by atoms with E-state index >= 15 is 0 Å². The average molecular weight is 290 g/mol. The van der Waals surface area contributed by atoms with Crippen molar-refractivity contribution in [2.45, 2.75) is 37.8 Å². The predicted molar refractivity (Wildman–Crippen MR) is 66.7 cm³/mol. The number of halogens is 1. The molecule has 0 aliphatic heterocycles. The number of rotatable bonds is 4. The van der Waals surface area contributed by atoms with Crippen molar-refractivity contribution >= 4 is 27.7 Å². The molecule has 1 aliphatic rings. The maximum Gasteiger partial charge on any atom is 0.255 e. The summed E-state index contributed by atoms with van der Waals surface area (Å²) < 4.78 is 5.35. The minimum absolute atomic E-state index is 0.479. The highest BCUT2D eigenvalue weighted by Crippen LogP contribution is 2.43. The largest absolute Gasteiger partial charge is 0.440 e. The molecule has 0 atom stereocenters. The molecule has 0 radical (unpaired) electrons. The maximum atomic E-state index is 5.35. The van der Waals surface area contributed by atoms with Crippen LogP contribution in [0.25, 0.3) is 0 Å². The molecule has 0 saturated heterocycles. The zero-order chi connectivity index (χ0) is 10.7. The van der Waals surface area contributed by atoms with Gasteiger partial charge in [-0.1, -0.05) is 40.5 Å². The molecule has 0 spiro atoms. The number of alkyl halides is 1. The molecule has 1 aromatic heterocycles. The number of hydrogen-bond donors (Lipinski definition) is 0. The van der Waals surface area contributed by atoms with Crippen molar-refractivity contribution in [3.8, 4) is 0 Å². The highest BCUT2D eigenvalue weighted by atomic mass is 79.9. The molecule has 1 fully saturated rings. The van der Waals surface area contributed by atoms with Crippen LogP contribution in [0.4, 0.5) is 0 Å². The monoisotopic (exact) mass is 289 g/mol. The summed E-state index contributed by atoms with van der Waals surface area (Å²) >= 11 is 5.40. The van der Waals surface area contributed by atoms with E-state index in [0.29, 0.717) is 5.41 Å². The molecule has 1 aliphatic carbocycles. The van der Waals surface area contributed by atoms with Gasteiger partial charge in [0.05, 0.1) is 5.69 Å². The van der Waals surface area contributed by atoms with Gasteiger partial charge in [0.1, 0.15) is 6.26 Å². The summed E-state index contributed by atoms with van der Waals surface area (Å²) in [7, 11) is 0. The number of oxazole rings is 1.